The van der Waals surface area contributed by atoms with Crippen molar-refractivity contribution >= 4 is 24.0 Å². The molecule has 0 bridgehead atoms. The van der Waals surface area contributed by atoms with Gasteiger partial charge in [0.15, 0.2) is 6.61 Å². The molecule has 2 aliphatic rings. The molecule has 1 atom stereocenters. The first-order chi connectivity index (χ1) is 15.0. The number of amides is 1. The third-order valence-electron chi connectivity index (χ3n) is 5.40. The molecule has 2 aliphatic heterocycles. The van der Waals surface area contributed by atoms with Crippen LogP contribution in [0.1, 0.15) is 30.9 Å². The molecule has 10 heteroatoms. The minimum absolute atomic E-state index is 0.00671. The van der Waals surface area contributed by atoms with Gasteiger partial charge in [-0.05, 0) is 18.4 Å². The normalized spacial score (nSPS) is 18.9. The molecule has 1 amide bonds. The molecule has 0 radical (unpaired) electrons. The van der Waals surface area contributed by atoms with E-state index >= 15 is 0 Å². The second kappa shape index (κ2) is 9.07. The Morgan fingerprint density at radius 1 is 1.19 bits per heavy atom. The van der Waals surface area contributed by atoms with Crippen LogP contribution in [0.3, 0.4) is 0 Å². The Morgan fingerprint density at radius 3 is 2.65 bits per heavy atom. The summed E-state index contributed by atoms with van der Waals surface area (Å²) in [6.07, 6.45) is 4.59. The van der Waals surface area contributed by atoms with Crippen LogP contribution < -0.4 is 9.64 Å². The van der Waals surface area contributed by atoms with Crippen molar-refractivity contribution in [1.29, 1.82) is 0 Å². The van der Waals surface area contributed by atoms with E-state index in [-0.39, 0.29) is 23.8 Å². The number of carbonyl (C=O) groups is 2. The molecular formula is C21H22FN5O4. The zero-order chi connectivity index (χ0) is 21.8. The van der Waals surface area contributed by atoms with Gasteiger partial charge in [-0.25, -0.2) is 14.8 Å². The Hall–Kier alpha value is -3.56. The highest BCUT2D eigenvalue weighted by molar-refractivity contribution is 5.82. The van der Waals surface area contributed by atoms with E-state index in [4.69, 9.17) is 9.84 Å². The predicted molar refractivity (Wildman–Crippen MR) is 109 cm³/mol. The molecule has 4 rings (SSSR count). The maximum absolute atomic E-state index is 13.8. The van der Waals surface area contributed by atoms with Gasteiger partial charge >= 0.3 is 5.97 Å². The number of anilines is 1. The van der Waals surface area contributed by atoms with Gasteiger partial charge < -0.3 is 14.7 Å². The van der Waals surface area contributed by atoms with Crippen LogP contribution in [0, 0.1) is 11.7 Å². The van der Waals surface area contributed by atoms with E-state index in [2.05, 4.69) is 15.1 Å². The summed E-state index contributed by atoms with van der Waals surface area (Å²) in [6.45, 7) is 0.324. The van der Waals surface area contributed by atoms with Gasteiger partial charge in [0.1, 0.15) is 0 Å². The van der Waals surface area contributed by atoms with E-state index in [1.165, 1.54) is 0 Å². The maximum Gasteiger partial charge on any atom is 0.341 e. The fourth-order valence-corrected chi connectivity index (χ4v) is 3.82. The van der Waals surface area contributed by atoms with Gasteiger partial charge in [0.05, 0.1) is 12.2 Å². The summed E-state index contributed by atoms with van der Waals surface area (Å²) >= 11 is 0. The smallest absolute Gasteiger partial charge is 0.341 e. The van der Waals surface area contributed by atoms with Crippen LogP contribution >= 0.6 is 0 Å². The number of hydrogen-bond acceptors (Lipinski definition) is 7. The summed E-state index contributed by atoms with van der Waals surface area (Å²) < 4.78 is 18.7. The zero-order valence-corrected chi connectivity index (χ0v) is 16.7. The Bertz CT molecular complexity index is 979. The molecule has 0 saturated carbocycles. The SMILES string of the molecule is O=C(O)COc1nc(N2CCC(C(=O)N3N=CC[C@H]3c3ccccc3)CC2)ncc1F. The molecule has 1 saturated heterocycles. The van der Waals surface area contributed by atoms with Crippen LogP contribution in [0.2, 0.25) is 0 Å². The number of carboxylic acids is 1. The summed E-state index contributed by atoms with van der Waals surface area (Å²) in [5.74, 6) is -2.39. The number of hydrazone groups is 1. The van der Waals surface area contributed by atoms with Gasteiger partial charge in [-0.15, -0.1) is 0 Å². The highest BCUT2D eigenvalue weighted by Gasteiger charge is 2.35. The first-order valence-electron chi connectivity index (χ1n) is 10.1. The lowest BCUT2D eigenvalue weighted by atomic mass is 9.94. The van der Waals surface area contributed by atoms with Gasteiger partial charge in [-0.1, -0.05) is 30.3 Å². The summed E-state index contributed by atoms with van der Waals surface area (Å²) in [7, 11) is 0. The average molecular weight is 427 g/mol. The Morgan fingerprint density at radius 2 is 1.94 bits per heavy atom. The molecule has 0 aliphatic carbocycles. The van der Waals surface area contributed by atoms with E-state index < -0.39 is 24.3 Å². The van der Waals surface area contributed by atoms with Crippen molar-refractivity contribution in [3.05, 3.63) is 47.9 Å². The molecule has 1 aromatic heterocycles. The van der Waals surface area contributed by atoms with Gasteiger partial charge in [0.2, 0.25) is 17.7 Å². The fraction of sp³-hybridized carbons (Fsp3) is 0.381. The summed E-state index contributed by atoms with van der Waals surface area (Å²) in [5.41, 5.74) is 1.05. The molecule has 2 aromatic rings. The van der Waals surface area contributed by atoms with Gasteiger partial charge in [-0.2, -0.15) is 14.5 Å². The summed E-state index contributed by atoms with van der Waals surface area (Å²) in [6, 6.07) is 9.76. The molecule has 1 fully saturated rings. The molecular weight excluding hydrogens is 405 g/mol. The highest BCUT2D eigenvalue weighted by atomic mass is 19.1. The van der Waals surface area contributed by atoms with Gasteiger partial charge in [-0.3, -0.25) is 4.79 Å². The van der Waals surface area contributed by atoms with Crippen LogP contribution in [0.15, 0.2) is 41.6 Å². The van der Waals surface area contributed by atoms with Gasteiger partial charge in [0.25, 0.3) is 5.88 Å². The number of ether oxygens (including phenoxy) is 1. The van der Waals surface area contributed by atoms with Crippen molar-refractivity contribution in [3.63, 3.8) is 0 Å². The second-order valence-electron chi connectivity index (χ2n) is 7.41. The van der Waals surface area contributed by atoms with Crippen LogP contribution in [0.5, 0.6) is 5.88 Å². The number of nitrogens with zero attached hydrogens (tertiary/aromatic N) is 5. The van der Waals surface area contributed by atoms with Crippen molar-refractivity contribution in [1.82, 2.24) is 15.0 Å². The number of halogens is 1. The second-order valence-corrected chi connectivity index (χ2v) is 7.41. The number of benzene rings is 1. The minimum Gasteiger partial charge on any atom is -0.479 e. The Kier molecular flexibility index (Phi) is 6.06. The summed E-state index contributed by atoms with van der Waals surface area (Å²) in [5, 5.41) is 14.6. The number of hydrogen-bond donors (Lipinski definition) is 1. The molecule has 31 heavy (non-hydrogen) atoms. The minimum atomic E-state index is -1.22. The average Bonchev–Trinajstić information content (AvgIpc) is 3.29. The van der Waals surface area contributed by atoms with Crippen molar-refractivity contribution in [3.8, 4) is 5.88 Å². The van der Waals surface area contributed by atoms with E-state index in [0.29, 0.717) is 32.4 Å². The van der Waals surface area contributed by atoms with Gasteiger partial charge in [0, 0.05) is 31.6 Å². The Labute approximate surface area is 178 Å². The van der Waals surface area contributed by atoms with Crippen molar-refractivity contribution in [2.45, 2.75) is 25.3 Å². The van der Waals surface area contributed by atoms with E-state index in [0.717, 1.165) is 11.8 Å². The molecule has 1 N–H and O–H groups in total. The molecule has 1 aromatic carbocycles. The maximum atomic E-state index is 13.8. The third kappa shape index (κ3) is 4.62. The highest BCUT2D eigenvalue weighted by Crippen LogP contribution is 2.32. The van der Waals surface area contributed by atoms with Crippen molar-refractivity contribution < 1.29 is 23.8 Å². The monoisotopic (exact) mass is 427 g/mol. The number of carboxylic acid groups (broad SMARTS) is 1. The fourth-order valence-electron chi connectivity index (χ4n) is 3.82. The number of rotatable bonds is 6. The first-order valence-corrected chi connectivity index (χ1v) is 10.1. The van der Waals surface area contributed by atoms with Crippen LogP contribution in [-0.2, 0) is 9.59 Å². The lowest BCUT2D eigenvalue weighted by Gasteiger charge is -2.33. The van der Waals surface area contributed by atoms with Crippen molar-refractivity contribution in [2.24, 2.45) is 11.0 Å². The summed E-state index contributed by atoms with van der Waals surface area (Å²) in [4.78, 5) is 33.6. The van der Waals surface area contributed by atoms with E-state index in [1.807, 2.05) is 35.2 Å². The number of piperidine rings is 1. The largest absolute Gasteiger partial charge is 0.479 e. The van der Waals surface area contributed by atoms with E-state index in [9.17, 15) is 14.0 Å². The lowest BCUT2D eigenvalue weighted by molar-refractivity contribution is -0.139. The molecule has 3 heterocycles. The number of aromatic nitrogens is 2. The van der Waals surface area contributed by atoms with Crippen LogP contribution in [0.4, 0.5) is 10.3 Å². The standard InChI is InChI=1S/C21H22FN5O4/c22-16-12-23-21(25-19(16)31-13-18(28)29)26-10-7-15(8-11-26)20(30)27-17(6-9-24-27)14-4-2-1-3-5-14/h1-5,9,12,15,17H,6-8,10-11,13H2,(H,28,29)/t17-/m0/s1. The predicted octanol–water partition coefficient (Wildman–Crippen LogP) is 2.25. The Balaban J connectivity index is 1.38. The third-order valence-corrected chi connectivity index (χ3v) is 5.40. The number of aliphatic carboxylic acids is 1. The molecule has 162 valence electrons. The van der Waals surface area contributed by atoms with Crippen LogP contribution in [0.25, 0.3) is 0 Å². The molecule has 9 nitrogen and oxygen atoms in total. The van der Waals surface area contributed by atoms with Crippen molar-refractivity contribution in [2.75, 3.05) is 24.6 Å². The zero-order valence-electron chi connectivity index (χ0n) is 16.7. The number of carbonyl (C=O) groups excluding carboxylic acids is 1. The lowest BCUT2D eigenvalue weighted by Crippen LogP contribution is -2.41. The topological polar surface area (TPSA) is 108 Å². The van der Waals surface area contributed by atoms with Crippen LogP contribution in [-0.4, -0.2) is 57.9 Å². The first kappa shape index (κ1) is 20.7. The molecule has 0 unspecified atom stereocenters. The quantitative estimate of drug-likeness (QED) is 0.753. The molecule has 0 spiro atoms. The van der Waals surface area contributed by atoms with E-state index in [1.54, 1.807) is 11.2 Å².